The molecule has 2 nitrogen and oxygen atoms in total. The zero-order chi connectivity index (χ0) is 42.9. The molecule has 0 atom stereocenters. The molecule has 304 valence electrons. The van der Waals surface area contributed by atoms with Gasteiger partial charge in [-0.3, -0.25) is 0 Å². The summed E-state index contributed by atoms with van der Waals surface area (Å²) in [5.74, 6) is 0. The number of anilines is 3. The van der Waals surface area contributed by atoms with Gasteiger partial charge >= 0.3 is 0 Å². The van der Waals surface area contributed by atoms with E-state index in [0.29, 0.717) is 0 Å². The minimum Gasteiger partial charge on any atom is -0.310 e. The number of rotatable bonds is 7. The van der Waals surface area contributed by atoms with E-state index in [2.05, 4.69) is 264 Å². The fourth-order valence-electron chi connectivity index (χ4n) is 11.2. The molecule has 0 amide bonds. The maximum Gasteiger partial charge on any atom is 0.0714 e. The van der Waals surface area contributed by atoms with E-state index in [0.717, 1.165) is 22.6 Å². The van der Waals surface area contributed by atoms with Gasteiger partial charge in [-0.2, -0.15) is 0 Å². The van der Waals surface area contributed by atoms with E-state index in [1.807, 2.05) is 0 Å². The largest absolute Gasteiger partial charge is 0.310 e. The van der Waals surface area contributed by atoms with Crippen LogP contribution in [0.25, 0.3) is 71.3 Å². The van der Waals surface area contributed by atoms with Gasteiger partial charge in [-0.15, -0.1) is 0 Å². The molecule has 1 aromatic heterocycles. The summed E-state index contributed by atoms with van der Waals surface area (Å²) in [4.78, 5) is 2.49. The second-order valence-electron chi connectivity index (χ2n) is 17.2. The van der Waals surface area contributed by atoms with Gasteiger partial charge in [0.1, 0.15) is 0 Å². The highest BCUT2D eigenvalue weighted by Crippen LogP contribution is 2.59. The zero-order valence-corrected chi connectivity index (χ0v) is 35.6. The average Bonchev–Trinajstić information content (AvgIpc) is 3.89. The molecule has 0 saturated carbocycles. The Balaban J connectivity index is 1.15. The van der Waals surface area contributed by atoms with Crippen LogP contribution < -0.4 is 4.90 Å². The molecule has 0 bridgehead atoms. The maximum atomic E-state index is 2.53. The molecular weight excluding hydrogens is 785 g/mol. The molecule has 0 spiro atoms. The van der Waals surface area contributed by atoms with Crippen molar-refractivity contribution in [2.45, 2.75) is 5.41 Å². The molecule has 1 heterocycles. The maximum absolute atomic E-state index is 2.53. The topological polar surface area (TPSA) is 8.17 Å². The average molecular weight is 827 g/mol. The Morgan fingerprint density at radius 2 is 0.954 bits per heavy atom. The lowest BCUT2D eigenvalue weighted by atomic mass is 9.68. The summed E-state index contributed by atoms with van der Waals surface area (Å²) >= 11 is 0. The molecule has 0 radical (unpaired) electrons. The van der Waals surface area contributed by atoms with Gasteiger partial charge in [-0.25, -0.2) is 0 Å². The van der Waals surface area contributed by atoms with Crippen molar-refractivity contribution in [3.8, 4) is 27.9 Å². The van der Waals surface area contributed by atoms with Crippen LogP contribution >= 0.6 is 0 Å². The molecular formula is C63H42N2. The number of hydrogen-bond acceptors (Lipinski definition) is 1. The fourth-order valence-corrected chi connectivity index (χ4v) is 11.2. The summed E-state index contributed by atoms with van der Waals surface area (Å²) in [6.45, 7) is 0. The Morgan fingerprint density at radius 1 is 0.369 bits per heavy atom. The normalized spacial score (nSPS) is 12.7. The van der Waals surface area contributed by atoms with Gasteiger partial charge < -0.3 is 9.47 Å². The highest BCUT2D eigenvalue weighted by Gasteiger charge is 2.47. The molecule has 0 saturated heterocycles. The van der Waals surface area contributed by atoms with E-state index in [9.17, 15) is 0 Å². The smallest absolute Gasteiger partial charge is 0.0714 e. The highest BCUT2D eigenvalue weighted by molar-refractivity contribution is 6.25. The van der Waals surface area contributed by atoms with E-state index in [-0.39, 0.29) is 0 Å². The third-order valence-electron chi connectivity index (χ3n) is 13.8. The first-order chi connectivity index (χ1) is 32.3. The Morgan fingerprint density at radius 3 is 1.71 bits per heavy atom. The number of aromatic nitrogens is 1. The van der Waals surface area contributed by atoms with Crippen molar-refractivity contribution in [3.05, 3.63) is 277 Å². The first-order valence-electron chi connectivity index (χ1n) is 22.5. The van der Waals surface area contributed by atoms with E-state index < -0.39 is 5.41 Å². The molecule has 65 heavy (non-hydrogen) atoms. The Kier molecular flexibility index (Phi) is 8.47. The van der Waals surface area contributed by atoms with Crippen molar-refractivity contribution >= 4 is 60.4 Å². The van der Waals surface area contributed by atoms with Crippen LogP contribution in [0.15, 0.2) is 255 Å². The lowest BCUT2D eigenvalue weighted by molar-refractivity contribution is 0.768. The number of para-hydroxylation sites is 1. The van der Waals surface area contributed by atoms with Crippen molar-refractivity contribution in [3.63, 3.8) is 0 Å². The zero-order valence-electron chi connectivity index (χ0n) is 35.6. The monoisotopic (exact) mass is 826 g/mol. The summed E-state index contributed by atoms with van der Waals surface area (Å²) in [6.07, 6.45) is 0. The van der Waals surface area contributed by atoms with E-state index in [1.165, 1.54) is 88.0 Å². The number of hydrogen-bond donors (Lipinski definition) is 0. The van der Waals surface area contributed by atoms with Crippen LogP contribution in [0.2, 0.25) is 0 Å². The fraction of sp³-hybridized carbons (Fsp3) is 0.0159. The van der Waals surface area contributed by atoms with Gasteiger partial charge in [-0.1, -0.05) is 206 Å². The highest BCUT2D eigenvalue weighted by atomic mass is 15.1. The van der Waals surface area contributed by atoms with Crippen molar-refractivity contribution < 1.29 is 0 Å². The molecule has 2 heteroatoms. The van der Waals surface area contributed by atoms with Crippen LogP contribution in [-0.2, 0) is 5.41 Å². The van der Waals surface area contributed by atoms with Crippen LogP contribution in [0.5, 0.6) is 0 Å². The molecule has 13 rings (SSSR count). The molecule has 0 fully saturated rings. The standard InChI is InChI=1S/C63H42N2/c1-5-21-44(22-6-1)53-41-45-24-14-16-33-51(45)62-60(53)54-42-49(39-40-58(54)65(62)57-37-19-25-43-23-13-15-32-50(43)57)64(48-30-11-4-12-31-48)59-38-20-36-56-61(59)52-34-17-18-35-55(52)63(56,46-26-7-2-8-27-46)47-28-9-3-10-29-47/h1-42H. The van der Waals surface area contributed by atoms with Crippen LogP contribution in [0.3, 0.4) is 0 Å². The molecule has 0 N–H and O–H groups in total. The number of nitrogens with zero attached hydrogens (tertiary/aromatic N) is 2. The van der Waals surface area contributed by atoms with E-state index in [1.54, 1.807) is 0 Å². The lowest BCUT2D eigenvalue weighted by Gasteiger charge is -2.34. The van der Waals surface area contributed by atoms with Crippen molar-refractivity contribution in [2.24, 2.45) is 0 Å². The van der Waals surface area contributed by atoms with Crippen molar-refractivity contribution in [2.75, 3.05) is 4.90 Å². The second-order valence-corrected chi connectivity index (χ2v) is 17.2. The predicted octanol–water partition coefficient (Wildman–Crippen LogP) is 16.6. The van der Waals surface area contributed by atoms with Gasteiger partial charge in [0, 0.05) is 38.5 Å². The Bertz CT molecular complexity index is 3710. The van der Waals surface area contributed by atoms with Crippen molar-refractivity contribution in [1.29, 1.82) is 0 Å². The second kappa shape index (κ2) is 14.8. The Labute approximate surface area is 378 Å². The summed E-state index contributed by atoms with van der Waals surface area (Å²) in [5, 5.41) is 7.32. The summed E-state index contributed by atoms with van der Waals surface area (Å²) in [7, 11) is 0. The predicted molar refractivity (Wildman–Crippen MR) is 273 cm³/mol. The van der Waals surface area contributed by atoms with E-state index >= 15 is 0 Å². The number of fused-ring (bicyclic) bond motifs is 9. The molecule has 11 aromatic carbocycles. The van der Waals surface area contributed by atoms with Crippen molar-refractivity contribution in [1.82, 2.24) is 4.57 Å². The minimum absolute atomic E-state index is 0.520. The molecule has 0 aliphatic heterocycles. The third kappa shape index (κ3) is 5.54. The molecule has 1 aliphatic rings. The molecule has 1 aliphatic carbocycles. The number of benzene rings is 11. The summed E-state index contributed by atoms with van der Waals surface area (Å²) in [5.41, 5.74) is 16.3. The van der Waals surface area contributed by atoms with E-state index in [4.69, 9.17) is 0 Å². The molecule has 0 unspecified atom stereocenters. The summed E-state index contributed by atoms with van der Waals surface area (Å²) < 4.78 is 2.53. The summed E-state index contributed by atoms with van der Waals surface area (Å²) in [6, 6.07) is 93.9. The van der Waals surface area contributed by atoms with Gasteiger partial charge in [0.15, 0.2) is 0 Å². The quantitative estimate of drug-likeness (QED) is 0.155. The van der Waals surface area contributed by atoms with Gasteiger partial charge in [0.05, 0.1) is 27.8 Å². The van der Waals surface area contributed by atoms with Crippen LogP contribution in [0.4, 0.5) is 17.1 Å². The first kappa shape index (κ1) is 37.1. The van der Waals surface area contributed by atoms with Crippen LogP contribution in [0.1, 0.15) is 22.3 Å². The lowest BCUT2D eigenvalue weighted by Crippen LogP contribution is -2.28. The molecule has 12 aromatic rings. The third-order valence-corrected chi connectivity index (χ3v) is 13.8. The van der Waals surface area contributed by atoms with Gasteiger partial charge in [0.2, 0.25) is 0 Å². The van der Waals surface area contributed by atoms with Gasteiger partial charge in [-0.05, 0) is 98.2 Å². The minimum atomic E-state index is -0.520. The Hall–Kier alpha value is -8.46. The van der Waals surface area contributed by atoms with Crippen LogP contribution in [0, 0.1) is 0 Å². The van der Waals surface area contributed by atoms with Gasteiger partial charge in [0.25, 0.3) is 0 Å². The van der Waals surface area contributed by atoms with Crippen LogP contribution in [-0.4, -0.2) is 4.57 Å². The first-order valence-corrected chi connectivity index (χ1v) is 22.5. The SMILES string of the molecule is c1ccc(-c2cc3ccccc3c3c2c2cc(N(c4ccccc4)c4cccc5c4-c4ccccc4C5(c4ccccc4)c4ccccc4)ccc2n3-c2cccc3ccccc23)cc1.